The van der Waals surface area contributed by atoms with E-state index in [0.717, 1.165) is 31.4 Å². The largest absolute Gasteiger partial charge is 0.481 e. The Bertz CT molecular complexity index is 552. The lowest BCUT2D eigenvalue weighted by Crippen LogP contribution is -2.20. The first-order valence-electron chi connectivity index (χ1n) is 6.87. The number of fused-ring (bicyclic) bond motifs is 1. The molecule has 3 nitrogen and oxygen atoms in total. The number of carbonyl (C=O) groups is 1. The Morgan fingerprint density at radius 1 is 1.33 bits per heavy atom. The van der Waals surface area contributed by atoms with E-state index >= 15 is 0 Å². The maximum absolute atomic E-state index is 12.5. The van der Waals surface area contributed by atoms with E-state index in [0.29, 0.717) is 5.56 Å². The number of halogens is 3. The number of carboxylic acids is 1. The van der Waals surface area contributed by atoms with Crippen LogP contribution in [-0.2, 0) is 22.3 Å². The molecule has 0 radical (unpaired) electrons. The van der Waals surface area contributed by atoms with E-state index in [4.69, 9.17) is 9.84 Å². The van der Waals surface area contributed by atoms with Crippen LogP contribution in [0.1, 0.15) is 30.4 Å². The van der Waals surface area contributed by atoms with E-state index in [1.807, 2.05) is 0 Å². The van der Waals surface area contributed by atoms with Gasteiger partial charge in [-0.3, -0.25) is 4.79 Å². The molecule has 21 heavy (non-hydrogen) atoms. The fraction of sp³-hybridized carbons (Fsp3) is 0.533. The molecule has 2 aliphatic rings. The van der Waals surface area contributed by atoms with Crippen LogP contribution >= 0.6 is 0 Å². The molecule has 3 rings (SSSR count). The van der Waals surface area contributed by atoms with Crippen molar-refractivity contribution in [3.05, 3.63) is 35.4 Å². The van der Waals surface area contributed by atoms with Gasteiger partial charge >= 0.3 is 12.1 Å². The summed E-state index contributed by atoms with van der Waals surface area (Å²) >= 11 is 0. The van der Waals surface area contributed by atoms with Gasteiger partial charge in [0.05, 0.1) is 23.7 Å². The molecule has 114 valence electrons. The molecule has 1 aromatic carbocycles. The Morgan fingerprint density at radius 3 is 2.52 bits per heavy atom. The predicted octanol–water partition coefficient (Wildman–Crippen LogP) is 3.48. The second kappa shape index (κ2) is 4.73. The molecule has 6 heteroatoms. The minimum atomic E-state index is -4.35. The summed E-state index contributed by atoms with van der Waals surface area (Å²) in [6.07, 6.45) is -1.83. The van der Waals surface area contributed by atoms with Crippen LogP contribution in [-0.4, -0.2) is 16.7 Å². The second-order valence-corrected chi connectivity index (χ2v) is 5.75. The van der Waals surface area contributed by atoms with Crippen molar-refractivity contribution in [3.8, 4) is 0 Å². The second-order valence-electron chi connectivity index (χ2n) is 5.75. The molecule has 1 aromatic rings. The molecule has 1 N–H and O–H groups in total. The van der Waals surface area contributed by atoms with Gasteiger partial charge in [0.25, 0.3) is 0 Å². The van der Waals surface area contributed by atoms with Gasteiger partial charge in [0.2, 0.25) is 0 Å². The molecule has 2 saturated carbocycles. The molecule has 0 aromatic heterocycles. The monoisotopic (exact) mass is 300 g/mol. The van der Waals surface area contributed by atoms with Crippen molar-refractivity contribution in [2.45, 2.75) is 37.6 Å². The average Bonchev–Trinajstić information content (AvgIpc) is 2.86. The van der Waals surface area contributed by atoms with Crippen LogP contribution in [0, 0.1) is 11.8 Å². The van der Waals surface area contributed by atoms with Gasteiger partial charge in [0.15, 0.2) is 0 Å². The van der Waals surface area contributed by atoms with Crippen LogP contribution < -0.4 is 0 Å². The number of hydrogen-bond acceptors (Lipinski definition) is 2. The predicted molar refractivity (Wildman–Crippen MR) is 67.4 cm³/mol. The van der Waals surface area contributed by atoms with Gasteiger partial charge in [-0.2, -0.15) is 13.2 Å². The summed E-state index contributed by atoms with van der Waals surface area (Å²) in [5, 5.41) is 9.14. The van der Waals surface area contributed by atoms with Gasteiger partial charge in [-0.15, -0.1) is 0 Å². The van der Waals surface area contributed by atoms with Crippen LogP contribution in [0.4, 0.5) is 13.2 Å². The fourth-order valence-corrected chi connectivity index (χ4v) is 3.50. The third-order valence-electron chi connectivity index (χ3n) is 4.58. The van der Waals surface area contributed by atoms with E-state index < -0.39 is 29.2 Å². The molecule has 0 aliphatic heterocycles. The van der Waals surface area contributed by atoms with E-state index in [1.165, 1.54) is 12.1 Å². The standard InChI is InChI=1S/C15H15F3O3/c16-15(17,18)10-5-3-9(4-6-10)8-21-14-7-1-2-11(14)12(14)13(19)20/h3-6,11-12H,1-2,7-8H2,(H,19,20). The molecule has 3 unspecified atom stereocenters. The lowest BCUT2D eigenvalue weighted by Gasteiger charge is -2.15. The van der Waals surface area contributed by atoms with Gasteiger partial charge in [-0.05, 0) is 30.5 Å². The smallest absolute Gasteiger partial charge is 0.416 e. The zero-order valence-corrected chi connectivity index (χ0v) is 11.2. The molecule has 0 heterocycles. The topological polar surface area (TPSA) is 46.5 Å². The Morgan fingerprint density at radius 2 is 2.00 bits per heavy atom. The SMILES string of the molecule is O=C(O)C1C2CCCC21OCc1ccc(C(F)(F)F)cc1. The van der Waals surface area contributed by atoms with Gasteiger partial charge in [-0.1, -0.05) is 18.6 Å². The molecular formula is C15H15F3O3. The van der Waals surface area contributed by atoms with Crippen LogP contribution in [0.25, 0.3) is 0 Å². The van der Waals surface area contributed by atoms with Crippen molar-refractivity contribution in [2.75, 3.05) is 0 Å². The summed E-state index contributed by atoms with van der Waals surface area (Å²) in [6.45, 7) is 0.151. The van der Waals surface area contributed by atoms with Crippen molar-refractivity contribution in [1.29, 1.82) is 0 Å². The normalized spacial score (nSPS) is 31.0. The van der Waals surface area contributed by atoms with E-state index in [1.54, 1.807) is 0 Å². The maximum atomic E-state index is 12.5. The van der Waals surface area contributed by atoms with E-state index in [9.17, 15) is 18.0 Å². The van der Waals surface area contributed by atoms with Crippen LogP contribution in [0.15, 0.2) is 24.3 Å². The molecule has 0 spiro atoms. The van der Waals surface area contributed by atoms with Gasteiger partial charge in [-0.25, -0.2) is 0 Å². The van der Waals surface area contributed by atoms with Crippen LogP contribution in [0.5, 0.6) is 0 Å². The fourth-order valence-electron chi connectivity index (χ4n) is 3.50. The molecule has 0 amide bonds. The maximum Gasteiger partial charge on any atom is 0.416 e. The molecule has 0 saturated heterocycles. The molecule has 0 bridgehead atoms. The van der Waals surface area contributed by atoms with Gasteiger partial charge in [0.1, 0.15) is 0 Å². The zero-order valence-electron chi connectivity index (χ0n) is 11.2. The van der Waals surface area contributed by atoms with Crippen molar-refractivity contribution >= 4 is 5.97 Å². The van der Waals surface area contributed by atoms with Crippen LogP contribution in [0.3, 0.4) is 0 Å². The number of rotatable bonds is 4. The molecular weight excluding hydrogens is 285 g/mol. The number of alkyl halides is 3. The molecule has 2 aliphatic carbocycles. The average molecular weight is 300 g/mol. The third kappa shape index (κ3) is 2.41. The minimum Gasteiger partial charge on any atom is -0.481 e. The van der Waals surface area contributed by atoms with Gasteiger partial charge in [0, 0.05) is 5.92 Å². The molecule has 3 atom stereocenters. The van der Waals surface area contributed by atoms with Gasteiger partial charge < -0.3 is 9.84 Å². The lowest BCUT2D eigenvalue weighted by atomic mass is 10.1. The van der Waals surface area contributed by atoms with Crippen molar-refractivity contribution in [1.82, 2.24) is 0 Å². The Balaban J connectivity index is 1.65. The van der Waals surface area contributed by atoms with Crippen molar-refractivity contribution < 1.29 is 27.8 Å². The highest BCUT2D eigenvalue weighted by atomic mass is 19.4. The third-order valence-corrected chi connectivity index (χ3v) is 4.58. The summed E-state index contributed by atoms with van der Waals surface area (Å²) in [4.78, 5) is 11.1. The first kappa shape index (κ1) is 14.4. The molecule has 2 fully saturated rings. The lowest BCUT2D eigenvalue weighted by molar-refractivity contribution is -0.142. The zero-order chi connectivity index (χ0) is 15.3. The summed E-state index contributed by atoms with van der Waals surface area (Å²) in [6, 6.07) is 4.79. The van der Waals surface area contributed by atoms with Crippen molar-refractivity contribution in [3.63, 3.8) is 0 Å². The number of hydrogen-bond donors (Lipinski definition) is 1. The Hall–Kier alpha value is -1.56. The summed E-state index contributed by atoms with van der Waals surface area (Å²) in [5.74, 6) is -1.24. The number of carboxylic acid groups (broad SMARTS) is 1. The highest BCUT2D eigenvalue weighted by Gasteiger charge is 2.71. The first-order chi connectivity index (χ1) is 9.84. The van der Waals surface area contributed by atoms with E-state index in [2.05, 4.69) is 0 Å². The summed E-state index contributed by atoms with van der Waals surface area (Å²) < 4.78 is 43.2. The number of ether oxygens (including phenoxy) is 1. The summed E-state index contributed by atoms with van der Waals surface area (Å²) in [5.41, 5.74) is -0.661. The highest BCUT2D eigenvalue weighted by molar-refractivity contribution is 5.77. The Kier molecular flexibility index (Phi) is 3.24. The number of benzene rings is 1. The highest BCUT2D eigenvalue weighted by Crippen LogP contribution is 2.63. The quantitative estimate of drug-likeness (QED) is 0.926. The minimum absolute atomic E-state index is 0.0597. The van der Waals surface area contributed by atoms with Crippen molar-refractivity contribution in [2.24, 2.45) is 11.8 Å². The summed E-state index contributed by atoms with van der Waals surface area (Å²) in [7, 11) is 0. The Labute approximate surface area is 119 Å². The number of aliphatic carboxylic acids is 1. The van der Waals surface area contributed by atoms with E-state index in [-0.39, 0.29) is 12.5 Å². The first-order valence-corrected chi connectivity index (χ1v) is 6.87. The van der Waals surface area contributed by atoms with Crippen LogP contribution in [0.2, 0.25) is 0 Å².